The third-order valence-electron chi connectivity index (χ3n) is 4.42. The molecule has 0 bridgehead atoms. The molecule has 3 N–H and O–H groups in total. The van der Waals surface area contributed by atoms with E-state index in [1.54, 1.807) is 14.0 Å². The van der Waals surface area contributed by atoms with Crippen LogP contribution >= 0.6 is 0 Å². The molecule has 2 rings (SSSR count). The molecule has 0 aliphatic heterocycles. The smallest absolute Gasteiger partial charge is 0.319 e. The molecule has 0 spiro atoms. The maximum Gasteiger partial charge on any atom is 0.319 e. The summed E-state index contributed by atoms with van der Waals surface area (Å²) in [4.78, 5) is 12.1. The van der Waals surface area contributed by atoms with Crippen molar-refractivity contribution in [2.75, 3.05) is 25.6 Å². The second-order valence-electron chi connectivity index (χ2n) is 6.60. The number of benzene rings is 1. The number of aromatic nitrogens is 1. The van der Waals surface area contributed by atoms with Crippen LogP contribution in [0.5, 0.6) is 0 Å². The lowest BCUT2D eigenvalue weighted by Gasteiger charge is -2.27. The number of ether oxygens (including phenoxy) is 1. The van der Waals surface area contributed by atoms with Gasteiger partial charge in [0.2, 0.25) is 0 Å². The summed E-state index contributed by atoms with van der Waals surface area (Å²) < 4.78 is 7.21. The van der Waals surface area contributed by atoms with Crippen LogP contribution in [0.2, 0.25) is 0 Å². The first-order valence-corrected chi connectivity index (χ1v) is 8.18. The van der Waals surface area contributed by atoms with E-state index in [1.807, 2.05) is 44.3 Å². The molecule has 6 heteroatoms. The highest BCUT2D eigenvalue weighted by atomic mass is 16.5. The van der Waals surface area contributed by atoms with Gasteiger partial charge in [-0.1, -0.05) is 19.9 Å². The first-order chi connectivity index (χ1) is 11.3. The van der Waals surface area contributed by atoms with Gasteiger partial charge in [0.05, 0.1) is 17.7 Å². The zero-order chi connectivity index (χ0) is 17.7. The minimum atomic E-state index is -0.934. The molecule has 1 atom stereocenters. The highest BCUT2D eigenvalue weighted by molar-refractivity contribution is 5.92. The number of rotatable bonds is 7. The predicted molar refractivity (Wildman–Crippen MR) is 96.3 cm³/mol. The van der Waals surface area contributed by atoms with Crippen molar-refractivity contribution in [2.45, 2.75) is 32.9 Å². The molecule has 0 saturated heterocycles. The molecule has 6 nitrogen and oxygen atoms in total. The van der Waals surface area contributed by atoms with Gasteiger partial charge in [0.25, 0.3) is 0 Å². The van der Waals surface area contributed by atoms with Gasteiger partial charge in [0, 0.05) is 32.1 Å². The molecule has 1 unspecified atom stereocenters. The molecule has 2 amide bonds. The molecular weight excluding hydrogens is 306 g/mol. The SMILES string of the molecule is COCCn1ccc2ccc(NC(=O)NCC(C)(O)C(C)C)cc21. The van der Waals surface area contributed by atoms with Crippen LogP contribution in [-0.2, 0) is 11.3 Å². The van der Waals surface area contributed by atoms with Crippen molar-refractivity contribution >= 4 is 22.6 Å². The van der Waals surface area contributed by atoms with Crippen molar-refractivity contribution in [2.24, 2.45) is 5.92 Å². The fourth-order valence-electron chi connectivity index (χ4n) is 2.28. The molecule has 1 aromatic heterocycles. The van der Waals surface area contributed by atoms with Gasteiger partial charge in [-0.3, -0.25) is 0 Å². The number of aliphatic hydroxyl groups is 1. The maximum absolute atomic E-state index is 12.1. The number of hydrogen-bond donors (Lipinski definition) is 3. The number of methoxy groups -OCH3 is 1. The lowest BCUT2D eigenvalue weighted by atomic mass is 9.93. The average Bonchev–Trinajstić information content (AvgIpc) is 2.93. The van der Waals surface area contributed by atoms with Crippen LogP contribution in [0.4, 0.5) is 10.5 Å². The summed E-state index contributed by atoms with van der Waals surface area (Å²) >= 11 is 0. The Morgan fingerprint density at radius 2 is 2.12 bits per heavy atom. The Morgan fingerprint density at radius 3 is 2.79 bits per heavy atom. The molecule has 132 valence electrons. The fourth-order valence-corrected chi connectivity index (χ4v) is 2.28. The molecule has 0 radical (unpaired) electrons. The van der Waals surface area contributed by atoms with Crippen LogP contribution in [0.15, 0.2) is 30.5 Å². The van der Waals surface area contributed by atoms with Crippen LogP contribution in [0.3, 0.4) is 0 Å². The summed E-state index contributed by atoms with van der Waals surface area (Å²) in [7, 11) is 1.68. The molecule has 0 saturated carbocycles. The molecule has 0 aliphatic rings. The van der Waals surface area contributed by atoms with Gasteiger partial charge in [-0.25, -0.2) is 4.79 Å². The van der Waals surface area contributed by atoms with E-state index in [2.05, 4.69) is 15.2 Å². The Bertz CT molecular complexity index is 692. The number of urea groups is 1. The van der Waals surface area contributed by atoms with Gasteiger partial charge in [-0.15, -0.1) is 0 Å². The topological polar surface area (TPSA) is 75.5 Å². The molecule has 0 aliphatic carbocycles. The average molecular weight is 333 g/mol. The molecule has 0 fully saturated rings. The minimum Gasteiger partial charge on any atom is -0.388 e. The van der Waals surface area contributed by atoms with Crippen molar-refractivity contribution < 1.29 is 14.6 Å². The Kier molecular flexibility index (Phi) is 5.85. The van der Waals surface area contributed by atoms with Crippen LogP contribution in [-0.4, -0.2) is 41.6 Å². The maximum atomic E-state index is 12.1. The van der Waals surface area contributed by atoms with E-state index >= 15 is 0 Å². The van der Waals surface area contributed by atoms with E-state index in [9.17, 15) is 9.90 Å². The summed E-state index contributed by atoms with van der Waals surface area (Å²) in [5, 5.41) is 16.8. The Balaban J connectivity index is 2.02. The summed E-state index contributed by atoms with van der Waals surface area (Å²) in [6.07, 6.45) is 2.01. The minimum absolute atomic E-state index is 0.0539. The third kappa shape index (κ3) is 4.49. The largest absolute Gasteiger partial charge is 0.388 e. The number of nitrogens with zero attached hydrogens (tertiary/aromatic N) is 1. The van der Waals surface area contributed by atoms with Crippen LogP contribution < -0.4 is 10.6 Å². The van der Waals surface area contributed by atoms with Crippen LogP contribution in [0.1, 0.15) is 20.8 Å². The monoisotopic (exact) mass is 333 g/mol. The fraction of sp³-hybridized carbons (Fsp3) is 0.500. The summed E-state index contributed by atoms with van der Waals surface area (Å²) in [6.45, 7) is 7.14. The number of fused-ring (bicyclic) bond motifs is 1. The van der Waals surface area contributed by atoms with Gasteiger partial charge in [0.1, 0.15) is 0 Å². The highest BCUT2D eigenvalue weighted by Crippen LogP contribution is 2.21. The zero-order valence-electron chi connectivity index (χ0n) is 14.8. The van der Waals surface area contributed by atoms with Crippen molar-refractivity contribution in [3.63, 3.8) is 0 Å². The third-order valence-corrected chi connectivity index (χ3v) is 4.42. The van der Waals surface area contributed by atoms with E-state index in [4.69, 9.17) is 4.74 Å². The second kappa shape index (κ2) is 7.68. The van der Waals surface area contributed by atoms with Gasteiger partial charge in [-0.05, 0) is 36.4 Å². The quantitative estimate of drug-likeness (QED) is 0.729. The van der Waals surface area contributed by atoms with Crippen molar-refractivity contribution in [1.29, 1.82) is 0 Å². The first-order valence-electron chi connectivity index (χ1n) is 8.18. The lowest BCUT2D eigenvalue weighted by molar-refractivity contribution is 0.0170. The number of hydrogen-bond acceptors (Lipinski definition) is 3. The number of anilines is 1. The summed E-state index contributed by atoms with van der Waals surface area (Å²) in [6, 6.07) is 7.48. The lowest BCUT2D eigenvalue weighted by Crippen LogP contribution is -2.45. The van der Waals surface area contributed by atoms with E-state index in [0.717, 1.165) is 17.4 Å². The summed E-state index contributed by atoms with van der Waals surface area (Å²) in [5.41, 5.74) is 0.816. The predicted octanol–water partition coefficient (Wildman–Crippen LogP) is 2.82. The number of amides is 2. The van der Waals surface area contributed by atoms with Crippen LogP contribution in [0.25, 0.3) is 10.9 Å². The van der Waals surface area contributed by atoms with Gasteiger partial charge < -0.3 is 25.0 Å². The standard InChI is InChI=1S/C18H27N3O3/c1-13(2)18(3,23)12-19-17(22)20-15-6-5-14-7-8-21(9-10-24-4)16(14)11-15/h5-8,11,13,23H,9-10,12H2,1-4H3,(H2,19,20,22). The van der Waals surface area contributed by atoms with E-state index in [-0.39, 0.29) is 18.5 Å². The second-order valence-corrected chi connectivity index (χ2v) is 6.60. The number of nitrogens with one attached hydrogen (secondary N) is 2. The number of carbonyl (C=O) groups is 1. The Hall–Kier alpha value is -2.05. The van der Waals surface area contributed by atoms with Gasteiger partial charge >= 0.3 is 6.03 Å². The zero-order valence-corrected chi connectivity index (χ0v) is 14.8. The molecular formula is C18H27N3O3. The van der Waals surface area contributed by atoms with E-state index in [0.29, 0.717) is 12.3 Å². The molecule has 2 aromatic rings. The Labute approximate surface area is 142 Å². The van der Waals surface area contributed by atoms with Crippen LogP contribution in [0, 0.1) is 5.92 Å². The molecule has 1 heterocycles. The normalized spacial score (nSPS) is 13.9. The van der Waals surface area contributed by atoms with Crippen molar-refractivity contribution in [3.05, 3.63) is 30.5 Å². The van der Waals surface area contributed by atoms with Crippen molar-refractivity contribution in [1.82, 2.24) is 9.88 Å². The Morgan fingerprint density at radius 1 is 1.38 bits per heavy atom. The summed E-state index contributed by atoms with van der Waals surface area (Å²) in [5.74, 6) is 0.0539. The molecule has 24 heavy (non-hydrogen) atoms. The van der Waals surface area contributed by atoms with Gasteiger partial charge in [0.15, 0.2) is 0 Å². The van der Waals surface area contributed by atoms with E-state index in [1.165, 1.54) is 0 Å². The molecule has 1 aromatic carbocycles. The van der Waals surface area contributed by atoms with Gasteiger partial charge in [-0.2, -0.15) is 0 Å². The van der Waals surface area contributed by atoms with E-state index < -0.39 is 5.60 Å². The highest BCUT2D eigenvalue weighted by Gasteiger charge is 2.25. The number of carbonyl (C=O) groups excluding carboxylic acids is 1. The van der Waals surface area contributed by atoms with Crippen molar-refractivity contribution in [3.8, 4) is 0 Å². The first kappa shape index (κ1) is 18.3.